The molecule has 2 rings (SSSR count). The van der Waals surface area contributed by atoms with Crippen LogP contribution in [0.1, 0.15) is 45.3 Å². The number of aliphatic hydroxyl groups is 1. The van der Waals surface area contributed by atoms with Crippen molar-refractivity contribution in [3.05, 3.63) is 28.2 Å². The van der Waals surface area contributed by atoms with Crippen LogP contribution in [-0.2, 0) is 4.74 Å². The van der Waals surface area contributed by atoms with Gasteiger partial charge in [0.1, 0.15) is 12.4 Å². The normalized spacial score (nSPS) is 23.3. The second kappa shape index (κ2) is 5.81. The van der Waals surface area contributed by atoms with Gasteiger partial charge in [-0.05, 0) is 45.7 Å². The Morgan fingerprint density at radius 3 is 2.84 bits per heavy atom. The number of hydrogen-bond acceptors (Lipinski definition) is 3. The minimum absolute atomic E-state index is 0.0433. The van der Waals surface area contributed by atoms with E-state index in [-0.39, 0.29) is 11.7 Å². The molecule has 0 radical (unpaired) electrons. The first-order valence-electron chi connectivity index (χ1n) is 6.65. The Morgan fingerprint density at radius 1 is 1.53 bits per heavy atom. The molecule has 1 aliphatic heterocycles. The SMILES string of the molecule is C[C@H](O)c1ccc(Br)cc1OCC1CCC(C)(C)O1. The molecule has 4 heteroatoms. The molecule has 1 aromatic rings. The maximum Gasteiger partial charge on any atom is 0.126 e. The molecule has 1 N–H and O–H groups in total. The molecule has 1 aliphatic rings. The van der Waals surface area contributed by atoms with Crippen LogP contribution in [0.5, 0.6) is 5.75 Å². The highest BCUT2D eigenvalue weighted by molar-refractivity contribution is 9.10. The highest BCUT2D eigenvalue weighted by Gasteiger charge is 2.32. The van der Waals surface area contributed by atoms with Gasteiger partial charge in [-0.25, -0.2) is 0 Å². The van der Waals surface area contributed by atoms with Gasteiger partial charge in [0.25, 0.3) is 0 Å². The number of aliphatic hydroxyl groups excluding tert-OH is 1. The predicted octanol–water partition coefficient (Wildman–Crippen LogP) is 3.84. The minimum atomic E-state index is -0.538. The molecule has 1 saturated heterocycles. The molecule has 0 amide bonds. The largest absolute Gasteiger partial charge is 0.490 e. The lowest BCUT2D eigenvalue weighted by molar-refractivity contribution is -0.0330. The zero-order valence-corrected chi connectivity index (χ0v) is 13.2. The molecule has 0 aliphatic carbocycles. The van der Waals surface area contributed by atoms with E-state index in [2.05, 4.69) is 29.8 Å². The summed E-state index contributed by atoms with van der Waals surface area (Å²) in [5.41, 5.74) is 0.763. The van der Waals surface area contributed by atoms with Crippen LogP contribution in [0, 0.1) is 0 Å². The van der Waals surface area contributed by atoms with Gasteiger partial charge >= 0.3 is 0 Å². The van der Waals surface area contributed by atoms with Gasteiger partial charge in [-0.1, -0.05) is 22.0 Å². The van der Waals surface area contributed by atoms with Crippen LogP contribution < -0.4 is 4.74 Å². The topological polar surface area (TPSA) is 38.7 Å². The highest BCUT2D eigenvalue weighted by Crippen LogP contribution is 2.32. The molecule has 1 unspecified atom stereocenters. The second-order valence-electron chi connectivity index (χ2n) is 5.71. The number of rotatable bonds is 4. The Labute approximate surface area is 123 Å². The summed E-state index contributed by atoms with van der Waals surface area (Å²) in [5.74, 6) is 0.720. The number of hydrogen-bond donors (Lipinski definition) is 1. The summed E-state index contributed by atoms with van der Waals surface area (Å²) in [7, 11) is 0. The number of benzene rings is 1. The van der Waals surface area contributed by atoms with Crippen molar-refractivity contribution in [2.75, 3.05) is 6.61 Å². The lowest BCUT2D eigenvalue weighted by Crippen LogP contribution is -2.24. The zero-order chi connectivity index (χ0) is 14.0. The maximum atomic E-state index is 9.74. The van der Waals surface area contributed by atoms with Crippen LogP contribution >= 0.6 is 15.9 Å². The molecule has 19 heavy (non-hydrogen) atoms. The number of ether oxygens (including phenoxy) is 2. The molecule has 1 fully saturated rings. The average molecular weight is 329 g/mol. The second-order valence-corrected chi connectivity index (χ2v) is 6.62. The molecule has 106 valence electrons. The molecule has 0 bridgehead atoms. The lowest BCUT2D eigenvalue weighted by Gasteiger charge is -2.20. The van der Waals surface area contributed by atoms with E-state index in [1.807, 2.05) is 18.2 Å². The summed E-state index contributed by atoms with van der Waals surface area (Å²) in [4.78, 5) is 0. The van der Waals surface area contributed by atoms with Crippen LogP contribution in [0.2, 0.25) is 0 Å². The van der Waals surface area contributed by atoms with Crippen molar-refractivity contribution in [3.63, 3.8) is 0 Å². The Bertz CT molecular complexity index is 443. The van der Waals surface area contributed by atoms with E-state index in [0.717, 1.165) is 28.6 Å². The fourth-order valence-corrected chi connectivity index (χ4v) is 2.70. The summed E-state index contributed by atoms with van der Waals surface area (Å²) < 4.78 is 12.7. The fourth-order valence-electron chi connectivity index (χ4n) is 2.36. The summed E-state index contributed by atoms with van der Waals surface area (Å²) >= 11 is 3.42. The third kappa shape index (κ3) is 3.94. The molecule has 1 aromatic carbocycles. The first kappa shape index (κ1) is 14.8. The predicted molar refractivity (Wildman–Crippen MR) is 78.5 cm³/mol. The van der Waals surface area contributed by atoms with Gasteiger partial charge in [-0.2, -0.15) is 0 Å². The van der Waals surface area contributed by atoms with E-state index >= 15 is 0 Å². The van der Waals surface area contributed by atoms with Crippen LogP contribution in [0.15, 0.2) is 22.7 Å². The summed E-state index contributed by atoms with van der Waals surface area (Å²) in [6, 6.07) is 5.68. The van der Waals surface area contributed by atoms with Gasteiger partial charge in [-0.15, -0.1) is 0 Å². The van der Waals surface area contributed by atoms with Crippen molar-refractivity contribution < 1.29 is 14.6 Å². The van der Waals surface area contributed by atoms with Crippen molar-refractivity contribution in [1.29, 1.82) is 0 Å². The van der Waals surface area contributed by atoms with Crippen molar-refractivity contribution in [2.45, 2.75) is 51.4 Å². The van der Waals surface area contributed by atoms with Gasteiger partial charge in [-0.3, -0.25) is 0 Å². The first-order chi connectivity index (χ1) is 8.87. The van der Waals surface area contributed by atoms with E-state index in [0.29, 0.717) is 6.61 Å². The van der Waals surface area contributed by atoms with Crippen molar-refractivity contribution in [1.82, 2.24) is 0 Å². The van der Waals surface area contributed by atoms with Crippen LogP contribution in [0.25, 0.3) is 0 Å². The van der Waals surface area contributed by atoms with E-state index in [9.17, 15) is 5.11 Å². The molecule has 0 saturated carbocycles. The van der Waals surface area contributed by atoms with E-state index < -0.39 is 6.10 Å². The molecular weight excluding hydrogens is 308 g/mol. The molecule has 0 spiro atoms. The van der Waals surface area contributed by atoms with Crippen molar-refractivity contribution in [3.8, 4) is 5.75 Å². The summed E-state index contributed by atoms with van der Waals surface area (Å²) in [6.45, 7) is 6.48. The Morgan fingerprint density at radius 2 is 2.26 bits per heavy atom. The van der Waals surface area contributed by atoms with E-state index in [1.165, 1.54) is 0 Å². The van der Waals surface area contributed by atoms with E-state index in [1.54, 1.807) is 6.92 Å². The quantitative estimate of drug-likeness (QED) is 0.912. The Balaban J connectivity index is 2.01. The molecule has 3 nitrogen and oxygen atoms in total. The van der Waals surface area contributed by atoms with Crippen molar-refractivity contribution >= 4 is 15.9 Å². The standard InChI is InChI=1S/C15H21BrO3/c1-10(17)13-5-4-11(16)8-14(13)18-9-12-6-7-15(2,3)19-12/h4-5,8,10,12,17H,6-7,9H2,1-3H3/t10-,12?/m0/s1. The lowest BCUT2D eigenvalue weighted by atomic mass is 10.1. The molecule has 2 atom stereocenters. The van der Waals surface area contributed by atoms with Gasteiger partial charge in [0.15, 0.2) is 0 Å². The molecule has 0 aromatic heterocycles. The smallest absolute Gasteiger partial charge is 0.126 e. The van der Waals surface area contributed by atoms with Gasteiger partial charge in [0.05, 0.1) is 17.8 Å². The average Bonchev–Trinajstić information content (AvgIpc) is 2.66. The van der Waals surface area contributed by atoms with Gasteiger partial charge in [0, 0.05) is 10.0 Å². The minimum Gasteiger partial charge on any atom is -0.490 e. The van der Waals surface area contributed by atoms with Gasteiger partial charge < -0.3 is 14.6 Å². The number of halogens is 1. The Kier molecular flexibility index (Phi) is 4.54. The fraction of sp³-hybridized carbons (Fsp3) is 0.600. The summed E-state index contributed by atoms with van der Waals surface area (Å²) in [6.07, 6.45) is 1.67. The first-order valence-corrected chi connectivity index (χ1v) is 7.45. The van der Waals surface area contributed by atoms with Gasteiger partial charge in [0.2, 0.25) is 0 Å². The third-order valence-electron chi connectivity index (χ3n) is 3.40. The molecular formula is C15H21BrO3. The third-order valence-corrected chi connectivity index (χ3v) is 3.90. The van der Waals surface area contributed by atoms with Crippen LogP contribution in [0.3, 0.4) is 0 Å². The van der Waals surface area contributed by atoms with Crippen LogP contribution in [0.4, 0.5) is 0 Å². The summed E-state index contributed by atoms with van der Waals surface area (Å²) in [5, 5.41) is 9.74. The monoisotopic (exact) mass is 328 g/mol. The zero-order valence-electron chi connectivity index (χ0n) is 11.6. The highest BCUT2D eigenvalue weighted by atomic mass is 79.9. The molecule has 1 heterocycles. The maximum absolute atomic E-state index is 9.74. The Hall–Kier alpha value is -0.580. The van der Waals surface area contributed by atoms with Crippen LogP contribution in [-0.4, -0.2) is 23.4 Å². The van der Waals surface area contributed by atoms with Crippen molar-refractivity contribution in [2.24, 2.45) is 0 Å². The van der Waals surface area contributed by atoms with E-state index in [4.69, 9.17) is 9.47 Å².